The van der Waals surface area contributed by atoms with Crippen LogP contribution in [0.3, 0.4) is 0 Å². The van der Waals surface area contributed by atoms with Crippen molar-refractivity contribution in [3.8, 4) is 0 Å². The van der Waals surface area contributed by atoms with E-state index in [9.17, 15) is 26.8 Å². The van der Waals surface area contributed by atoms with Crippen LogP contribution in [0.25, 0.3) is 0 Å². The lowest BCUT2D eigenvalue weighted by Gasteiger charge is -2.41. The van der Waals surface area contributed by atoms with Crippen LogP contribution >= 0.6 is 11.3 Å². The van der Waals surface area contributed by atoms with Gasteiger partial charge in [-0.2, -0.15) is 15.6 Å². The summed E-state index contributed by atoms with van der Waals surface area (Å²) in [5, 5.41) is 3.82. The molecule has 184 valence electrons. The fourth-order valence-electron chi connectivity index (χ4n) is 4.42. The highest BCUT2D eigenvalue weighted by Gasteiger charge is 2.38. The van der Waals surface area contributed by atoms with Gasteiger partial charge in [-0.1, -0.05) is 6.07 Å². The molecule has 1 aromatic heterocycles. The highest BCUT2D eigenvalue weighted by molar-refractivity contribution is 7.89. The predicted octanol–water partition coefficient (Wildman–Crippen LogP) is 1.76. The minimum atomic E-state index is -4.37. The zero-order valence-electron chi connectivity index (χ0n) is 18.7. The molecular weight excluding hydrogens is 486 g/mol. The van der Waals surface area contributed by atoms with Gasteiger partial charge in [-0.15, -0.1) is 0 Å². The summed E-state index contributed by atoms with van der Waals surface area (Å²) >= 11 is 1.48. The summed E-state index contributed by atoms with van der Waals surface area (Å²) in [6.07, 6.45) is 0. The van der Waals surface area contributed by atoms with E-state index in [1.54, 1.807) is 9.80 Å². The Balaban J connectivity index is 1.47. The van der Waals surface area contributed by atoms with Crippen molar-refractivity contribution >= 4 is 33.2 Å². The Kier molecular flexibility index (Phi) is 7.31. The minimum absolute atomic E-state index is 0.00156. The number of hydrogen-bond donors (Lipinski definition) is 0. The molecule has 0 radical (unpaired) electrons. The molecule has 0 bridgehead atoms. The average Bonchev–Trinajstić information content (AvgIpc) is 3.34. The second kappa shape index (κ2) is 10.1. The van der Waals surface area contributed by atoms with Crippen LogP contribution < -0.4 is 0 Å². The van der Waals surface area contributed by atoms with Gasteiger partial charge >= 0.3 is 0 Å². The second-order valence-corrected chi connectivity index (χ2v) is 10.9. The van der Waals surface area contributed by atoms with Gasteiger partial charge in [0.15, 0.2) is 4.90 Å². The van der Waals surface area contributed by atoms with Gasteiger partial charge in [-0.25, -0.2) is 17.2 Å². The van der Waals surface area contributed by atoms with Gasteiger partial charge in [-0.05, 0) is 34.5 Å². The lowest BCUT2D eigenvalue weighted by Crippen LogP contribution is -2.56. The minimum Gasteiger partial charge on any atom is -0.340 e. The van der Waals surface area contributed by atoms with E-state index in [0.29, 0.717) is 26.2 Å². The van der Waals surface area contributed by atoms with Crippen molar-refractivity contribution in [3.63, 3.8) is 0 Å². The van der Waals surface area contributed by atoms with Gasteiger partial charge in [0.2, 0.25) is 21.8 Å². The molecule has 0 N–H and O–H groups in total. The van der Waals surface area contributed by atoms with Gasteiger partial charge < -0.3 is 9.80 Å². The molecule has 0 spiro atoms. The third-order valence-corrected chi connectivity index (χ3v) is 8.94. The van der Waals surface area contributed by atoms with Crippen LogP contribution in [-0.2, 0) is 19.6 Å². The highest BCUT2D eigenvalue weighted by Crippen LogP contribution is 2.28. The van der Waals surface area contributed by atoms with Crippen LogP contribution in [-0.4, -0.2) is 91.6 Å². The second-order valence-electron chi connectivity index (χ2n) is 8.28. The molecule has 1 atom stereocenters. The number of halogens is 2. The smallest absolute Gasteiger partial charge is 0.249 e. The van der Waals surface area contributed by atoms with Crippen molar-refractivity contribution in [2.75, 3.05) is 52.4 Å². The Labute approximate surface area is 201 Å². The normalized spacial score (nSPS) is 19.3. The molecule has 2 fully saturated rings. The summed E-state index contributed by atoms with van der Waals surface area (Å²) in [5.41, 5.74) is 0.856. The van der Waals surface area contributed by atoms with Gasteiger partial charge in [0.05, 0.1) is 0 Å². The maximum Gasteiger partial charge on any atom is 0.249 e. The van der Waals surface area contributed by atoms with Crippen molar-refractivity contribution in [2.45, 2.75) is 17.9 Å². The van der Waals surface area contributed by atoms with Crippen molar-refractivity contribution in [2.24, 2.45) is 0 Å². The lowest BCUT2D eigenvalue weighted by molar-refractivity contribution is -0.140. The number of carbonyl (C=O) groups excluding carboxylic acids is 2. The molecule has 12 heteroatoms. The number of thiophene rings is 1. The number of nitrogens with zero attached hydrogens (tertiary/aromatic N) is 4. The molecule has 4 rings (SSSR count). The van der Waals surface area contributed by atoms with Gasteiger partial charge in [0.25, 0.3) is 0 Å². The zero-order valence-corrected chi connectivity index (χ0v) is 20.3. The summed E-state index contributed by atoms with van der Waals surface area (Å²) in [5.74, 6) is -2.42. The topological polar surface area (TPSA) is 81.2 Å². The summed E-state index contributed by atoms with van der Waals surface area (Å²) in [4.78, 5) is 29.7. The maximum atomic E-state index is 14.1. The van der Waals surface area contributed by atoms with E-state index in [-0.39, 0.29) is 38.0 Å². The van der Waals surface area contributed by atoms with Crippen molar-refractivity contribution < 1.29 is 26.8 Å². The fraction of sp³-hybridized carbons (Fsp3) is 0.455. The molecule has 2 saturated heterocycles. The average molecular weight is 513 g/mol. The zero-order chi connectivity index (χ0) is 24.5. The Morgan fingerprint density at radius 2 is 1.50 bits per heavy atom. The number of benzene rings is 1. The number of sulfonamides is 1. The quantitative estimate of drug-likeness (QED) is 0.610. The van der Waals surface area contributed by atoms with Crippen LogP contribution in [0.15, 0.2) is 39.9 Å². The number of piperazine rings is 2. The van der Waals surface area contributed by atoms with Gasteiger partial charge in [0, 0.05) is 59.3 Å². The molecule has 3 heterocycles. The molecule has 2 aliphatic heterocycles. The van der Waals surface area contributed by atoms with Crippen LogP contribution in [0.1, 0.15) is 18.5 Å². The van der Waals surface area contributed by atoms with Crippen LogP contribution in [0, 0.1) is 11.6 Å². The van der Waals surface area contributed by atoms with Crippen molar-refractivity contribution in [1.82, 2.24) is 19.0 Å². The first-order valence-corrected chi connectivity index (χ1v) is 13.3. The Hall–Kier alpha value is -2.41. The summed E-state index contributed by atoms with van der Waals surface area (Å²) in [6, 6.07) is 4.29. The van der Waals surface area contributed by atoms with E-state index >= 15 is 0 Å². The van der Waals surface area contributed by atoms with E-state index in [1.165, 1.54) is 18.3 Å². The molecule has 0 saturated carbocycles. The molecular formula is C22H26F2N4O4S2. The molecule has 2 aliphatic rings. The predicted molar refractivity (Wildman–Crippen MR) is 123 cm³/mol. The molecule has 1 aromatic carbocycles. The number of amides is 2. The van der Waals surface area contributed by atoms with Crippen LogP contribution in [0.2, 0.25) is 0 Å². The van der Waals surface area contributed by atoms with Gasteiger partial charge in [-0.3, -0.25) is 14.5 Å². The molecule has 2 aromatic rings. The van der Waals surface area contributed by atoms with Gasteiger partial charge in [0.1, 0.15) is 17.7 Å². The largest absolute Gasteiger partial charge is 0.340 e. The highest BCUT2D eigenvalue weighted by atomic mass is 32.2. The monoisotopic (exact) mass is 512 g/mol. The van der Waals surface area contributed by atoms with E-state index in [0.717, 1.165) is 28.1 Å². The van der Waals surface area contributed by atoms with E-state index in [2.05, 4.69) is 0 Å². The SMILES string of the molecule is CC(=O)N1CCN(C(C(=O)N2CCN(S(=O)(=O)c3c(F)cccc3F)CC2)c2ccsc2)CC1. The Bertz CT molecular complexity index is 1120. The third kappa shape index (κ3) is 4.85. The summed E-state index contributed by atoms with van der Waals surface area (Å²) in [6.45, 7) is 3.79. The van der Waals surface area contributed by atoms with Crippen molar-refractivity contribution in [1.29, 1.82) is 0 Å². The molecule has 34 heavy (non-hydrogen) atoms. The standard InChI is InChI=1S/C22H26F2N4O4S2/c1-16(29)25-6-8-26(9-7-25)20(17-5-14-33-15-17)22(30)27-10-12-28(13-11-27)34(31,32)21-18(23)3-2-4-19(21)24/h2-5,14-15,20H,6-13H2,1H3. The lowest BCUT2D eigenvalue weighted by atomic mass is 10.1. The number of hydrogen-bond acceptors (Lipinski definition) is 6. The Morgan fingerprint density at radius 1 is 0.912 bits per heavy atom. The first-order chi connectivity index (χ1) is 16.2. The molecule has 8 nitrogen and oxygen atoms in total. The maximum absolute atomic E-state index is 14.1. The fourth-order valence-corrected chi connectivity index (χ4v) is 6.63. The van der Waals surface area contributed by atoms with Crippen molar-refractivity contribution in [3.05, 3.63) is 52.2 Å². The van der Waals surface area contributed by atoms with Crippen LogP contribution in [0.5, 0.6) is 0 Å². The molecule has 0 aliphatic carbocycles. The molecule has 1 unspecified atom stereocenters. The van der Waals surface area contributed by atoms with E-state index in [1.807, 2.05) is 21.7 Å². The van der Waals surface area contributed by atoms with Crippen LogP contribution in [0.4, 0.5) is 8.78 Å². The summed E-state index contributed by atoms with van der Waals surface area (Å²) < 4.78 is 55.0. The number of carbonyl (C=O) groups is 2. The first kappa shape index (κ1) is 24.7. The van der Waals surface area contributed by atoms with E-state index < -0.39 is 32.6 Å². The molecule has 2 amide bonds. The first-order valence-electron chi connectivity index (χ1n) is 10.9. The summed E-state index contributed by atoms with van der Waals surface area (Å²) in [7, 11) is -4.37. The Morgan fingerprint density at radius 3 is 2.03 bits per heavy atom. The third-order valence-electron chi connectivity index (χ3n) is 6.28. The number of rotatable bonds is 5. The van der Waals surface area contributed by atoms with E-state index in [4.69, 9.17) is 0 Å².